The first kappa shape index (κ1) is 15.6. The number of carbonyl (C=O) groups is 1. The van der Waals surface area contributed by atoms with E-state index in [2.05, 4.69) is 10.6 Å². The number of rotatable bonds is 2. The molecule has 1 aromatic rings. The molecule has 4 nitrogen and oxygen atoms in total. The van der Waals surface area contributed by atoms with Crippen LogP contribution in [0.25, 0.3) is 0 Å². The molecule has 21 heavy (non-hydrogen) atoms. The Labute approximate surface area is 120 Å². The predicted octanol–water partition coefficient (Wildman–Crippen LogP) is 2.95. The highest BCUT2D eigenvalue weighted by Gasteiger charge is 2.46. The number of amides is 2. The fourth-order valence-corrected chi connectivity index (χ4v) is 2.36. The van der Waals surface area contributed by atoms with E-state index in [0.717, 1.165) is 6.07 Å². The van der Waals surface area contributed by atoms with Gasteiger partial charge in [0.2, 0.25) is 0 Å². The van der Waals surface area contributed by atoms with Gasteiger partial charge in [0.25, 0.3) is 0 Å². The fourth-order valence-electron chi connectivity index (χ4n) is 2.36. The largest absolute Gasteiger partial charge is 0.418 e. The molecule has 0 spiro atoms. The summed E-state index contributed by atoms with van der Waals surface area (Å²) < 4.78 is 38.5. The summed E-state index contributed by atoms with van der Waals surface area (Å²) in [7, 11) is 0. The van der Waals surface area contributed by atoms with E-state index in [4.69, 9.17) is 5.73 Å². The summed E-state index contributed by atoms with van der Waals surface area (Å²) >= 11 is 0. The van der Waals surface area contributed by atoms with Gasteiger partial charge in [-0.05, 0) is 18.6 Å². The van der Waals surface area contributed by atoms with Gasteiger partial charge < -0.3 is 16.4 Å². The van der Waals surface area contributed by atoms with Crippen LogP contribution in [0.2, 0.25) is 0 Å². The Kier molecular flexibility index (Phi) is 3.88. The molecule has 1 aliphatic rings. The Morgan fingerprint density at radius 1 is 1.33 bits per heavy atom. The lowest BCUT2D eigenvalue weighted by Gasteiger charge is -2.50. The zero-order valence-corrected chi connectivity index (χ0v) is 11.8. The van der Waals surface area contributed by atoms with Crippen LogP contribution in [0.3, 0.4) is 0 Å². The fraction of sp³-hybridized carbons (Fsp3) is 0.500. The SMILES string of the molecule is CC1(C)C(N)CC1NC(=O)Nc1ccccc1C(F)(F)F. The number of carbonyl (C=O) groups excluding carboxylic acids is 1. The first-order valence-electron chi connectivity index (χ1n) is 6.61. The quantitative estimate of drug-likeness (QED) is 0.786. The van der Waals surface area contributed by atoms with Crippen molar-refractivity contribution < 1.29 is 18.0 Å². The van der Waals surface area contributed by atoms with Gasteiger partial charge in [-0.2, -0.15) is 13.2 Å². The Bertz CT molecular complexity index is 543. The molecule has 1 aliphatic carbocycles. The lowest BCUT2D eigenvalue weighted by atomic mass is 9.63. The molecule has 4 N–H and O–H groups in total. The molecule has 1 fully saturated rings. The lowest BCUT2D eigenvalue weighted by Crippen LogP contribution is -2.64. The van der Waals surface area contributed by atoms with Gasteiger partial charge in [0, 0.05) is 17.5 Å². The second-order valence-electron chi connectivity index (χ2n) is 5.86. The third kappa shape index (κ3) is 3.12. The number of anilines is 1. The van der Waals surface area contributed by atoms with Crippen molar-refractivity contribution in [3.63, 3.8) is 0 Å². The van der Waals surface area contributed by atoms with E-state index >= 15 is 0 Å². The first-order valence-corrected chi connectivity index (χ1v) is 6.61. The second-order valence-corrected chi connectivity index (χ2v) is 5.86. The topological polar surface area (TPSA) is 67.1 Å². The van der Waals surface area contributed by atoms with E-state index in [1.165, 1.54) is 18.2 Å². The summed E-state index contributed by atoms with van der Waals surface area (Å²) in [6.45, 7) is 3.82. The smallest absolute Gasteiger partial charge is 0.334 e. The van der Waals surface area contributed by atoms with Crippen LogP contribution in [0, 0.1) is 5.41 Å². The zero-order chi connectivity index (χ0) is 15.8. The minimum absolute atomic E-state index is 0.0229. The van der Waals surface area contributed by atoms with E-state index < -0.39 is 17.8 Å². The van der Waals surface area contributed by atoms with Crippen molar-refractivity contribution in [1.29, 1.82) is 0 Å². The van der Waals surface area contributed by atoms with Crippen LogP contribution < -0.4 is 16.4 Å². The Morgan fingerprint density at radius 3 is 2.48 bits per heavy atom. The van der Waals surface area contributed by atoms with Gasteiger partial charge in [0.05, 0.1) is 11.3 Å². The number of nitrogens with one attached hydrogen (secondary N) is 2. The minimum Gasteiger partial charge on any atom is -0.334 e. The van der Waals surface area contributed by atoms with Gasteiger partial charge >= 0.3 is 12.2 Å². The Morgan fingerprint density at radius 2 is 1.95 bits per heavy atom. The summed E-state index contributed by atoms with van der Waals surface area (Å²) in [5.41, 5.74) is 4.44. The normalized spacial score (nSPS) is 24.1. The maximum absolute atomic E-state index is 12.8. The number of hydrogen-bond donors (Lipinski definition) is 3. The van der Waals surface area contributed by atoms with Gasteiger partial charge in [0.15, 0.2) is 0 Å². The standard InChI is InChI=1S/C14H18F3N3O/c1-13(2)10(18)7-11(13)20-12(21)19-9-6-4-3-5-8(9)14(15,16)17/h3-6,10-11H,7,18H2,1-2H3,(H2,19,20,21). The average Bonchev–Trinajstić information content (AvgIpc) is 2.37. The molecular weight excluding hydrogens is 283 g/mol. The molecule has 1 aromatic carbocycles. The van der Waals surface area contributed by atoms with Gasteiger partial charge in [-0.3, -0.25) is 0 Å². The van der Waals surface area contributed by atoms with Crippen molar-refractivity contribution in [2.45, 2.75) is 38.5 Å². The molecule has 2 unspecified atom stereocenters. The monoisotopic (exact) mass is 301 g/mol. The molecule has 116 valence electrons. The predicted molar refractivity (Wildman–Crippen MR) is 73.8 cm³/mol. The Balaban J connectivity index is 2.05. The van der Waals surface area contributed by atoms with Crippen molar-refractivity contribution in [2.75, 3.05) is 5.32 Å². The number of benzene rings is 1. The summed E-state index contributed by atoms with van der Waals surface area (Å²) in [4.78, 5) is 11.9. The molecule has 0 saturated heterocycles. The summed E-state index contributed by atoms with van der Waals surface area (Å²) in [6, 6.07) is 4.04. The molecule has 0 aromatic heterocycles. The van der Waals surface area contributed by atoms with Crippen LogP contribution in [0.4, 0.5) is 23.7 Å². The molecule has 0 bridgehead atoms. The van der Waals surface area contributed by atoms with Crippen molar-refractivity contribution in [2.24, 2.45) is 11.1 Å². The molecule has 2 amide bonds. The highest BCUT2D eigenvalue weighted by Crippen LogP contribution is 2.39. The lowest BCUT2D eigenvalue weighted by molar-refractivity contribution is -0.136. The number of para-hydroxylation sites is 1. The van der Waals surface area contributed by atoms with E-state index in [0.29, 0.717) is 6.42 Å². The molecule has 0 heterocycles. The third-order valence-electron chi connectivity index (χ3n) is 4.13. The van der Waals surface area contributed by atoms with Crippen LogP contribution in [-0.4, -0.2) is 18.1 Å². The number of halogens is 3. The number of alkyl halides is 3. The van der Waals surface area contributed by atoms with Crippen LogP contribution in [0.15, 0.2) is 24.3 Å². The van der Waals surface area contributed by atoms with Gasteiger partial charge in [-0.25, -0.2) is 4.79 Å². The average molecular weight is 301 g/mol. The van der Waals surface area contributed by atoms with Crippen molar-refractivity contribution >= 4 is 11.7 Å². The minimum atomic E-state index is -4.51. The van der Waals surface area contributed by atoms with Gasteiger partial charge in [-0.15, -0.1) is 0 Å². The molecule has 0 aliphatic heterocycles. The van der Waals surface area contributed by atoms with Crippen LogP contribution >= 0.6 is 0 Å². The molecule has 2 rings (SSSR count). The van der Waals surface area contributed by atoms with Gasteiger partial charge in [0.1, 0.15) is 0 Å². The van der Waals surface area contributed by atoms with E-state index in [1.54, 1.807) is 0 Å². The molecule has 7 heteroatoms. The highest BCUT2D eigenvalue weighted by molar-refractivity contribution is 5.90. The number of urea groups is 1. The van der Waals surface area contributed by atoms with E-state index in [1.807, 2.05) is 13.8 Å². The third-order valence-corrected chi connectivity index (χ3v) is 4.13. The van der Waals surface area contributed by atoms with Crippen LogP contribution in [-0.2, 0) is 6.18 Å². The van der Waals surface area contributed by atoms with E-state index in [9.17, 15) is 18.0 Å². The summed E-state index contributed by atoms with van der Waals surface area (Å²) in [5.74, 6) is 0. The van der Waals surface area contributed by atoms with Crippen molar-refractivity contribution in [3.05, 3.63) is 29.8 Å². The van der Waals surface area contributed by atoms with Gasteiger partial charge in [-0.1, -0.05) is 26.0 Å². The number of nitrogens with two attached hydrogens (primary N) is 1. The zero-order valence-electron chi connectivity index (χ0n) is 11.8. The van der Waals surface area contributed by atoms with E-state index in [-0.39, 0.29) is 23.2 Å². The van der Waals surface area contributed by atoms with Crippen molar-refractivity contribution in [1.82, 2.24) is 5.32 Å². The van der Waals surface area contributed by atoms with Crippen molar-refractivity contribution in [3.8, 4) is 0 Å². The molecule has 2 atom stereocenters. The maximum atomic E-state index is 12.8. The van der Waals surface area contributed by atoms with Crippen LogP contribution in [0.1, 0.15) is 25.8 Å². The maximum Gasteiger partial charge on any atom is 0.418 e. The summed E-state index contributed by atoms with van der Waals surface area (Å²) in [5, 5.41) is 4.92. The molecule has 1 saturated carbocycles. The summed E-state index contributed by atoms with van der Waals surface area (Å²) in [6.07, 6.45) is -3.90. The second kappa shape index (κ2) is 5.22. The highest BCUT2D eigenvalue weighted by atomic mass is 19.4. The Hall–Kier alpha value is -1.76. The molecular formula is C14H18F3N3O. The number of hydrogen-bond acceptors (Lipinski definition) is 2. The van der Waals surface area contributed by atoms with Crippen LogP contribution in [0.5, 0.6) is 0 Å². The first-order chi connectivity index (χ1) is 9.62. The molecule has 0 radical (unpaired) electrons.